The van der Waals surface area contributed by atoms with Crippen LogP contribution in [0.3, 0.4) is 0 Å². The number of hydrogen-bond acceptors (Lipinski definition) is 4. The predicted molar refractivity (Wildman–Crippen MR) is 63.9 cm³/mol. The third-order valence-corrected chi connectivity index (χ3v) is 2.50. The summed E-state index contributed by atoms with van der Waals surface area (Å²) in [5.74, 6) is 0. The second-order valence-electron chi connectivity index (χ2n) is 3.74. The van der Waals surface area contributed by atoms with E-state index in [2.05, 4.69) is 5.32 Å². The number of hydrogen-bond donors (Lipinski definition) is 1. The van der Waals surface area contributed by atoms with Crippen LogP contribution < -0.4 is 5.32 Å². The van der Waals surface area contributed by atoms with E-state index in [0.29, 0.717) is 6.54 Å². The fourth-order valence-corrected chi connectivity index (χ4v) is 1.50. The van der Waals surface area contributed by atoms with Crippen molar-refractivity contribution in [2.45, 2.75) is 13.5 Å². The van der Waals surface area contributed by atoms with Gasteiger partial charge in [0.05, 0.1) is 17.4 Å². The summed E-state index contributed by atoms with van der Waals surface area (Å²) in [7, 11) is 0. The molecule has 0 amide bonds. The molecule has 0 saturated heterocycles. The van der Waals surface area contributed by atoms with Gasteiger partial charge in [-0.25, -0.2) is 0 Å². The largest absolute Gasteiger partial charge is 0.472 e. The van der Waals surface area contributed by atoms with E-state index in [0.717, 1.165) is 16.8 Å². The van der Waals surface area contributed by atoms with E-state index in [4.69, 9.17) is 4.42 Å². The Balaban J connectivity index is 2.14. The van der Waals surface area contributed by atoms with Gasteiger partial charge in [-0.1, -0.05) is 6.07 Å². The Kier molecular flexibility index (Phi) is 3.09. The first-order chi connectivity index (χ1) is 8.16. The molecule has 1 aromatic heterocycles. The van der Waals surface area contributed by atoms with Gasteiger partial charge in [0, 0.05) is 29.9 Å². The Bertz CT molecular complexity index is 521. The second-order valence-corrected chi connectivity index (χ2v) is 3.74. The lowest BCUT2D eigenvalue weighted by molar-refractivity contribution is -0.384. The number of nitrogens with one attached hydrogen (secondary N) is 1. The molecule has 5 nitrogen and oxygen atoms in total. The minimum absolute atomic E-state index is 0.0882. The molecule has 5 heteroatoms. The Hall–Kier alpha value is -2.30. The molecule has 0 aliphatic rings. The molecule has 0 unspecified atom stereocenters. The molecule has 0 radical (unpaired) electrons. The van der Waals surface area contributed by atoms with Gasteiger partial charge in [-0.2, -0.15) is 0 Å². The average molecular weight is 232 g/mol. The summed E-state index contributed by atoms with van der Waals surface area (Å²) in [6.45, 7) is 2.49. The Morgan fingerprint density at radius 2 is 2.24 bits per heavy atom. The lowest BCUT2D eigenvalue weighted by atomic mass is 10.1. The summed E-state index contributed by atoms with van der Waals surface area (Å²) in [6, 6.07) is 6.61. The SMILES string of the molecule is Cc1ccc([N+](=O)[O-])cc1NCc1ccoc1. The number of furan rings is 1. The van der Waals surface area contributed by atoms with Gasteiger partial charge in [-0.3, -0.25) is 10.1 Å². The van der Waals surface area contributed by atoms with E-state index in [1.54, 1.807) is 18.6 Å². The molecule has 1 aromatic carbocycles. The van der Waals surface area contributed by atoms with Crippen molar-refractivity contribution in [2.75, 3.05) is 5.32 Å². The van der Waals surface area contributed by atoms with Crippen molar-refractivity contribution in [2.24, 2.45) is 0 Å². The second kappa shape index (κ2) is 4.69. The molecule has 1 N–H and O–H groups in total. The number of anilines is 1. The number of non-ortho nitro benzene ring substituents is 1. The van der Waals surface area contributed by atoms with E-state index in [-0.39, 0.29) is 5.69 Å². The van der Waals surface area contributed by atoms with Crippen LogP contribution in [-0.4, -0.2) is 4.92 Å². The number of rotatable bonds is 4. The first kappa shape index (κ1) is 11.2. The van der Waals surface area contributed by atoms with Crippen molar-refractivity contribution in [3.8, 4) is 0 Å². The highest BCUT2D eigenvalue weighted by atomic mass is 16.6. The molecule has 0 bridgehead atoms. The summed E-state index contributed by atoms with van der Waals surface area (Å²) in [5.41, 5.74) is 2.82. The van der Waals surface area contributed by atoms with Crippen molar-refractivity contribution < 1.29 is 9.34 Å². The van der Waals surface area contributed by atoms with Gasteiger partial charge in [-0.15, -0.1) is 0 Å². The van der Waals surface area contributed by atoms with Gasteiger partial charge in [0.25, 0.3) is 5.69 Å². The van der Waals surface area contributed by atoms with Crippen molar-refractivity contribution >= 4 is 11.4 Å². The zero-order chi connectivity index (χ0) is 12.3. The maximum absolute atomic E-state index is 10.7. The molecule has 17 heavy (non-hydrogen) atoms. The highest BCUT2D eigenvalue weighted by Crippen LogP contribution is 2.22. The highest BCUT2D eigenvalue weighted by Gasteiger charge is 2.08. The third-order valence-electron chi connectivity index (χ3n) is 2.50. The zero-order valence-corrected chi connectivity index (χ0v) is 9.34. The third kappa shape index (κ3) is 2.63. The summed E-state index contributed by atoms with van der Waals surface area (Å²) in [5, 5.41) is 13.8. The van der Waals surface area contributed by atoms with Crippen LogP contribution >= 0.6 is 0 Å². The van der Waals surface area contributed by atoms with Gasteiger partial charge in [0.2, 0.25) is 0 Å². The van der Waals surface area contributed by atoms with Gasteiger partial charge in [0.1, 0.15) is 0 Å². The number of nitro benzene ring substituents is 1. The first-order valence-corrected chi connectivity index (χ1v) is 5.17. The monoisotopic (exact) mass is 232 g/mol. The normalized spacial score (nSPS) is 10.2. The van der Waals surface area contributed by atoms with Crippen molar-refractivity contribution in [3.63, 3.8) is 0 Å². The minimum atomic E-state index is -0.400. The van der Waals surface area contributed by atoms with Crippen LogP contribution in [0.15, 0.2) is 41.2 Å². The van der Waals surface area contributed by atoms with Gasteiger partial charge in [-0.05, 0) is 18.6 Å². The van der Waals surface area contributed by atoms with Crippen LogP contribution in [0.4, 0.5) is 11.4 Å². The van der Waals surface area contributed by atoms with E-state index in [1.807, 2.05) is 13.0 Å². The summed E-state index contributed by atoms with van der Waals surface area (Å²) < 4.78 is 4.95. The summed E-state index contributed by atoms with van der Waals surface area (Å²) >= 11 is 0. The smallest absolute Gasteiger partial charge is 0.271 e. The quantitative estimate of drug-likeness (QED) is 0.649. The minimum Gasteiger partial charge on any atom is -0.472 e. The van der Waals surface area contributed by atoms with E-state index < -0.39 is 4.92 Å². The Morgan fingerprint density at radius 3 is 2.88 bits per heavy atom. The molecule has 0 aliphatic carbocycles. The number of nitrogens with zero attached hydrogens (tertiary/aromatic N) is 1. The van der Waals surface area contributed by atoms with Crippen LogP contribution in [0, 0.1) is 17.0 Å². The lowest BCUT2D eigenvalue weighted by Crippen LogP contribution is -2.00. The summed E-state index contributed by atoms with van der Waals surface area (Å²) in [6.07, 6.45) is 3.23. The van der Waals surface area contributed by atoms with E-state index in [9.17, 15) is 10.1 Å². The molecule has 2 rings (SSSR count). The van der Waals surface area contributed by atoms with Gasteiger partial charge < -0.3 is 9.73 Å². The topological polar surface area (TPSA) is 68.3 Å². The molecule has 2 aromatic rings. The Labute approximate surface area is 98.2 Å². The van der Waals surface area contributed by atoms with Crippen LogP contribution in [0.2, 0.25) is 0 Å². The molecule has 1 heterocycles. The van der Waals surface area contributed by atoms with Gasteiger partial charge in [0.15, 0.2) is 0 Å². The van der Waals surface area contributed by atoms with Crippen LogP contribution in [0.1, 0.15) is 11.1 Å². The fourth-order valence-electron chi connectivity index (χ4n) is 1.50. The highest BCUT2D eigenvalue weighted by molar-refractivity contribution is 5.56. The average Bonchev–Trinajstić information content (AvgIpc) is 2.80. The maximum Gasteiger partial charge on any atom is 0.271 e. The lowest BCUT2D eigenvalue weighted by Gasteiger charge is -2.07. The number of aryl methyl sites for hydroxylation is 1. The van der Waals surface area contributed by atoms with Crippen molar-refractivity contribution in [1.82, 2.24) is 0 Å². The number of nitro groups is 1. The Morgan fingerprint density at radius 1 is 1.41 bits per heavy atom. The standard InChI is InChI=1S/C12H12N2O3/c1-9-2-3-11(14(15)16)6-12(9)13-7-10-4-5-17-8-10/h2-6,8,13H,7H2,1H3. The fraction of sp³-hybridized carbons (Fsp3) is 0.167. The maximum atomic E-state index is 10.7. The van der Waals surface area contributed by atoms with Crippen molar-refractivity contribution in [3.05, 3.63) is 58.0 Å². The molecule has 0 spiro atoms. The molecule has 0 saturated carbocycles. The van der Waals surface area contributed by atoms with Crippen molar-refractivity contribution in [1.29, 1.82) is 0 Å². The van der Waals surface area contributed by atoms with E-state index in [1.165, 1.54) is 12.1 Å². The molecular weight excluding hydrogens is 220 g/mol. The zero-order valence-electron chi connectivity index (χ0n) is 9.34. The van der Waals surface area contributed by atoms with E-state index >= 15 is 0 Å². The van der Waals surface area contributed by atoms with Crippen LogP contribution in [0.25, 0.3) is 0 Å². The summed E-state index contributed by atoms with van der Waals surface area (Å²) in [4.78, 5) is 10.3. The number of benzene rings is 1. The molecule has 88 valence electrons. The first-order valence-electron chi connectivity index (χ1n) is 5.17. The van der Waals surface area contributed by atoms with Gasteiger partial charge >= 0.3 is 0 Å². The molecule has 0 atom stereocenters. The van der Waals surface area contributed by atoms with Crippen LogP contribution in [0.5, 0.6) is 0 Å². The van der Waals surface area contributed by atoms with Crippen LogP contribution in [-0.2, 0) is 6.54 Å². The predicted octanol–water partition coefficient (Wildman–Crippen LogP) is 3.11. The molecule has 0 aliphatic heterocycles. The molecular formula is C12H12N2O3. The molecule has 0 fully saturated rings.